The fraction of sp³-hybridized carbons (Fsp3) is 0.296. The number of anilines is 1. The first-order valence-corrected chi connectivity index (χ1v) is 11.2. The molecule has 1 heterocycles. The first kappa shape index (κ1) is 25.4. The third kappa shape index (κ3) is 5.46. The van der Waals surface area contributed by atoms with Gasteiger partial charge in [0, 0.05) is 11.3 Å². The van der Waals surface area contributed by atoms with Gasteiger partial charge < -0.3 is 25.3 Å². The Morgan fingerprint density at radius 1 is 1.14 bits per heavy atom. The molecule has 0 bridgehead atoms. The number of carbonyl (C=O) groups excluding carboxylic acids is 2. The Hall–Kier alpha value is -4.25. The van der Waals surface area contributed by atoms with Crippen molar-refractivity contribution in [1.29, 1.82) is 5.26 Å². The number of nitrogens with one attached hydrogen (secondary N) is 1. The smallest absolute Gasteiger partial charge is 0.338 e. The van der Waals surface area contributed by atoms with Crippen LogP contribution in [0.3, 0.4) is 0 Å². The quantitative estimate of drug-likeness (QED) is 0.573. The van der Waals surface area contributed by atoms with Crippen LogP contribution in [-0.2, 0) is 19.1 Å². The van der Waals surface area contributed by atoms with Crippen molar-refractivity contribution in [2.75, 3.05) is 18.5 Å². The Kier molecular flexibility index (Phi) is 7.82. The lowest BCUT2D eigenvalue weighted by atomic mass is 9.82. The number of rotatable bonds is 7. The van der Waals surface area contributed by atoms with Crippen molar-refractivity contribution < 1.29 is 23.8 Å². The van der Waals surface area contributed by atoms with Gasteiger partial charge in [0.15, 0.2) is 6.61 Å². The minimum absolute atomic E-state index is 0.0602. The third-order valence-electron chi connectivity index (χ3n) is 5.63. The Labute approximate surface area is 205 Å². The molecule has 8 nitrogen and oxygen atoms in total. The highest BCUT2D eigenvalue weighted by Crippen LogP contribution is 2.42. The molecule has 1 atom stereocenters. The van der Waals surface area contributed by atoms with E-state index < -0.39 is 11.9 Å². The van der Waals surface area contributed by atoms with Crippen molar-refractivity contribution >= 4 is 17.6 Å². The minimum Gasteiger partial charge on any atom is -0.483 e. The monoisotopic (exact) mass is 475 g/mol. The molecule has 0 fully saturated rings. The second-order valence-electron chi connectivity index (χ2n) is 8.26. The molecule has 8 heteroatoms. The van der Waals surface area contributed by atoms with Crippen molar-refractivity contribution in [1.82, 2.24) is 0 Å². The first-order valence-electron chi connectivity index (χ1n) is 11.2. The largest absolute Gasteiger partial charge is 0.483 e. The van der Waals surface area contributed by atoms with Gasteiger partial charge in [0.25, 0.3) is 5.91 Å². The standard InChI is InChI=1S/C27H29N3O5/c1-6-33-27(32)23-18(5)35-26(29)20(13-28)24(23)19-9-7-8-10-21(19)34-14-22(31)30-25-16(3)11-15(2)12-17(25)4/h7-12,24H,6,14,29H2,1-5H3,(H,30,31). The molecule has 2 aromatic carbocycles. The van der Waals surface area contributed by atoms with Gasteiger partial charge in [-0.25, -0.2) is 4.79 Å². The summed E-state index contributed by atoms with van der Waals surface area (Å²) in [6, 6.07) is 12.9. The number of hydrogen-bond donors (Lipinski definition) is 2. The lowest BCUT2D eigenvalue weighted by Gasteiger charge is -2.28. The molecule has 0 aliphatic carbocycles. The zero-order chi connectivity index (χ0) is 25.7. The number of benzene rings is 2. The van der Waals surface area contributed by atoms with Gasteiger partial charge in [-0.1, -0.05) is 35.9 Å². The van der Waals surface area contributed by atoms with Crippen LogP contribution in [0.25, 0.3) is 0 Å². The zero-order valence-electron chi connectivity index (χ0n) is 20.5. The van der Waals surface area contributed by atoms with Crippen LogP contribution in [0.4, 0.5) is 5.69 Å². The zero-order valence-corrected chi connectivity index (χ0v) is 20.5. The number of nitriles is 1. The van der Waals surface area contributed by atoms with Gasteiger partial charge in [-0.2, -0.15) is 5.26 Å². The lowest BCUT2D eigenvalue weighted by Crippen LogP contribution is -2.26. The molecule has 3 N–H and O–H groups in total. The molecule has 0 aromatic heterocycles. The van der Waals surface area contributed by atoms with E-state index in [2.05, 4.69) is 5.32 Å². The van der Waals surface area contributed by atoms with Crippen LogP contribution in [-0.4, -0.2) is 25.1 Å². The summed E-state index contributed by atoms with van der Waals surface area (Å²) in [5, 5.41) is 12.7. The summed E-state index contributed by atoms with van der Waals surface area (Å²) in [5.74, 6) is -1.35. The van der Waals surface area contributed by atoms with Gasteiger partial charge in [-0.15, -0.1) is 0 Å². The van der Waals surface area contributed by atoms with Crippen LogP contribution in [0.2, 0.25) is 0 Å². The van der Waals surface area contributed by atoms with E-state index in [0.29, 0.717) is 11.3 Å². The predicted octanol–water partition coefficient (Wildman–Crippen LogP) is 4.27. The van der Waals surface area contributed by atoms with Gasteiger partial charge in [-0.05, 0) is 51.8 Å². The summed E-state index contributed by atoms with van der Waals surface area (Å²) in [6.45, 7) is 9.02. The van der Waals surface area contributed by atoms with E-state index in [1.54, 1.807) is 38.1 Å². The van der Waals surface area contributed by atoms with Gasteiger partial charge in [0.05, 0.1) is 18.1 Å². The fourth-order valence-electron chi connectivity index (χ4n) is 4.21. The van der Waals surface area contributed by atoms with Crippen molar-refractivity contribution in [3.8, 4) is 11.8 Å². The molecular formula is C27H29N3O5. The number of ether oxygens (including phenoxy) is 3. The minimum atomic E-state index is -0.867. The van der Waals surface area contributed by atoms with E-state index in [1.165, 1.54) is 0 Å². The van der Waals surface area contributed by atoms with E-state index in [1.807, 2.05) is 39.0 Å². The summed E-state index contributed by atoms with van der Waals surface area (Å²) in [4.78, 5) is 25.5. The van der Waals surface area contributed by atoms with Gasteiger partial charge in [-0.3, -0.25) is 4.79 Å². The second kappa shape index (κ2) is 10.8. The van der Waals surface area contributed by atoms with Crippen LogP contribution in [0.5, 0.6) is 5.75 Å². The Morgan fingerprint density at radius 2 is 1.80 bits per heavy atom. The molecular weight excluding hydrogens is 446 g/mol. The van der Waals surface area contributed by atoms with E-state index >= 15 is 0 Å². The molecule has 1 aliphatic rings. The number of aryl methyl sites for hydroxylation is 3. The van der Waals surface area contributed by atoms with Crippen molar-refractivity contribution in [3.05, 3.63) is 81.4 Å². The lowest BCUT2D eigenvalue weighted by molar-refractivity contribution is -0.139. The predicted molar refractivity (Wildman–Crippen MR) is 131 cm³/mol. The summed E-state index contributed by atoms with van der Waals surface area (Å²) in [7, 11) is 0. The molecule has 1 amide bonds. The average Bonchev–Trinajstić information content (AvgIpc) is 2.80. The van der Waals surface area contributed by atoms with Crippen molar-refractivity contribution in [2.24, 2.45) is 5.73 Å². The topological polar surface area (TPSA) is 124 Å². The molecule has 3 rings (SSSR count). The van der Waals surface area contributed by atoms with Crippen LogP contribution < -0.4 is 15.8 Å². The molecule has 1 aliphatic heterocycles. The van der Waals surface area contributed by atoms with Crippen LogP contribution >= 0.6 is 0 Å². The molecule has 0 spiro atoms. The number of carbonyl (C=O) groups is 2. The Balaban J connectivity index is 1.91. The third-order valence-corrected chi connectivity index (χ3v) is 5.63. The van der Waals surface area contributed by atoms with E-state index in [4.69, 9.17) is 19.9 Å². The van der Waals surface area contributed by atoms with Gasteiger partial charge in [0.1, 0.15) is 23.2 Å². The molecule has 0 radical (unpaired) electrons. The van der Waals surface area contributed by atoms with Gasteiger partial charge >= 0.3 is 5.97 Å². The SMILES string of the molecule is CCOC(=O)C1=C(C)OC(N)=C(C#N)C1c1ccccc1OCC(=O)Nc1c(C)cc(C)cc1C. The highest BCUT2D eigenvalue weighted by molar-refractivity contribution is 5.94. The normalized spacial score (nSPS) is 15.3. The maximum absolute atomic E-state index is 12.8. The molecule has 0 saturated heterocycles. The fourth-order valence-corrected chi connectivity index (χ4v) is 4.21. The highest BCUT2D eigenvalue weighted by atomic mass is 16.5. The number of esters is 1. The summed E-state index contributed by atoms with van der Waals surface area (Å²) in [6.07, 6.45) is 0. The Bertz CT molecular complexity index is 1250. The molecule has 2 aromatic rings. The Morgan fingerprint density at radius 3 is 2.43 bits per heavy atom. The van der Waals surface area contributed by atoms with E-state index in [-0.39, 0.29) is 41.9 Å². The maximum atomic E-state index is 12.8. The number of nitrogens with two attached hydrogens (primary N) is 1. The summed E-state index contributed by atoms with van der Waals surface area (Å²) < 4.78 is 16.6. The molecule has 182 valence electrons. The van der Waals surface area contributed by atoms with Crippen molar-refractivity contribution in [3.63, 3.8) is 0 Å². The van der Waals surface area contributed by atoms with Crippen LogP contribution in [0.1, 0.15) is 42.0 Å². The van der Waals surface area contributed by atoms with Crippen LogP contribution in [0, 0.1) is 32.1 Å². The van der Waals surface area contributed by atoms with E-state index in [9.17, 15) is 14.9 Å². The van der Waals surface area contributed by atoms with Crippen LogP contribution in [0.15, 0.2) is 59.2 Å². The molecule has 35 heavy (non-hydrogen) atoms. The average molecular weight is 476 g/mol. The van der Waals surface area contributed by atoms with E-state index in [0.717, 1.165) is 22.4 Å². The maximum Gasteiger partial charge on any atom is 0.338 e. The number of nitrogens with zero attached hydrogens (tertiary/aromatic N) is 1. The summed E-state index contributed by atoms with van der Waals surface area (Å²) in [5.41, 5.74) is 10.5. The first-order chi connectivity index (χ1) is 16.7. The second-order valence-corrected chi connectivity index (χ2v) is 8.26. The van der Waals surface area contributed by atoms with Gasteiger partial charge in [0.2, 0.25) is 5.88 Å². The number of allylic oxidation sites excluding steroid dienone is 2. The number of amides is 1. The highest BCUT2D eigenvalue weighted by Gasteiger charge is 2.37. The van der Waals surface area contributed by atoms with Crippen molar-refractivity contribution in [2.45, 2.75) is 40.5 Å². The molecule has 1 unspecified atom stereocenters. The summed E-state index contributed by atoms with van der Waals surface area (Å²) >= 11 is 0. The molecule has 0 saturated carbocycles. The number of hydrogen-bond acceptors (Lipinski definition) is 7. The number of para-hydroxylation sites is 1.